The van der Waals surface area contributed by atoms with Crippen LogP contribution in [0.2, 0.25) is 0 Å². The molecule has 3 fully saturated rings. The summed E-state index contributed by atoms with van der Waals surface area (Å²) in [6.45, 7) is 11.9. The number of nitrogens with one attached hydrogen (secondary N) is 2. The molecule has 3 aromatic rings. The van der Waals surface area contributed by atoms with Crippen molar-refractivity contribution in [2.75, 3.05) is 19.8 Å². The summed E-state index contributed by atoms with van der Waals surface area (Å²) >= 11 is 0. The smallest absolute Gasteiger partial charge is 0.465 e. The molecule has 0 aliphatic carbocycles. The predicted molar refractivity (Wildman–Crippen MR) is 156 cm³/mol. The van der Waals surface area contributed by atoms with Gasteiger partial charge in [-0.3, -0.25) is 4.79 Å². The van der Waals surface area contributed by atoms with Crippen molar-refractivity contribution >= 4 is 46.4 Å². The van der Waals surface area contributed by atoms with Crippen molar-refractivity contribution in [2.24, 2.45) is 11.8 Å². The molecule has 0 radical (unpaired) electrons. The van der Waals surface area contributed by atoms with Crippen molar-refractivity contribution < 1.29 is 28.7 Å². The van der Waals surface area contributed by atoms with E-state index in [9.17, 15) is 14.7 Å². The molecule has 6 rings (SSSR count). The van der Waals surface area contributed by atoms with E-state index in [0.717, 1.165) is 39.5 Å². The van der Waals surface area contributed by atoms with Crippen LogP contribution in [-0.2, 0) is 18.8 Å². The highest BCUT2D eigenvalue weighted by molar-refractivity contribution is 6.62. The molecule has 0 bridgehead atoms. The van der Waals surface area contributed by atoms with E-state index in [1.165, 1.54) is 0 Å². The molecule has 2 aromatic carbocycles. The van der Waals surface area contributed by atoms with Crippen molar-refractivity contribution in [1.29, 1.82) is 0 Å². The molecule has 10 nitrogen and oxygen atoms in total. The first kappa shape index (κ1) is 28.0. The molecule has 11 heteroatoms. The Hall–Kier alpha value is -3.15. The van der Waals surface area contributed by atoms with Crippen molar-refractivity contribution in [3.05, 3.63) is 36.2 Å². The molecule has 0 unspecified atom stereocenters. The van der Waals surface area contributed by atoms with E-state index in [4.69, 9.17) is 19.0 Å². The van der Waals surface area contributed by atoms with Crippen LogP contribution in [0.15, 0.2) is 30.3 Å². The zero-order valence-electron chi connectivity index (χ0n) is 24.4. The van der Waals surface area contributed by atoms with E-state index in [1.54, 1.807) is 0 Å². The van der Waals surface area contributed by atoms with E-state index in [-0.39, 0.29) is 23.8 Å². The topological polar surface area (TPSA) is 126 Å². The molecule has 3 atom stereocenters. The van der Waals surface area contributed by atoms with Crippen LogP contribution in [-0.4, -0.2) is 76.1 Å². The Balaban J connectivity index is 1.30. The maximum Gasteiger partial charge on any atom is 0.494 e. The summed E-state index contributed by atoms with van der Waals surface area (Å²) in [5.41, 5.74) is 1.86. The molecule has 218 valence electrons. The molecule has 0 spiro atoms. The van der Waals surface area contributed by atoms with Gasteiger partial charge in [0.15, 0.2) is 0 Å². The SMILES string of the molecule is C[C@H]1C[C@@H](c2nc3c(ccc4cc(B5OC(C)(C)C(C)(C)O5)ccc43)[nH]2)N(C(=O)[C@@H](NC(=O)O)C2CCOCC2)C1. The number of hydrogen-bond acceptors (Lipinski definition) is 6. The number of amides is 2. The predicted octanol–water partition coefficient (Wildman–Crippen LogP) is 3.99. The van der Waals surface area contributed by atoms with E-state index in [0.29, 0.717) is 32.6 Å². The molecule has 3 aliphatic rings. The van der Waals surface area contributed by atoms with Gasteiger partial charge in [0.2, 0.25) is 5.91 Å². The van der Waals surface area contributed by atoms with Gasteiger partial charge in [-0.1, -0.05) is 31.2 Å². The van der Waals surface area contributed by atoms with Crippen LogP contribution in [0.1, 0.15) is 65.7 Å². The Morgan fingerprint density at radius 2 is 1.83 bits per heavy atom. The van der Waals surface area contributed by atoms with Crippen LogP contribution < -0.4 is 10.8 Å². The highest BCUT2D eigenvalue weighted by Crippen LogP contribution is 2.38. The number of imidazole rings is 1. The van der Waals surface area contributed by atoms with Gasteiger partial charge in [0.1, 0.15) is 11.9 Å². The number of aromatic amines is 1. The Morgan fingerprint density at radius 3 is 2.51 bits per heavy atom. The number of ether oxygens (including phenoxy) is 1. The summed E-state index contributed by atoms with van der Waals surface area (Å²) in [6, 6.07) is 9.19. The number of likely N-dealkylation sites (tertiary alicyclic amines) is 1. The highest BCUT2D eigenvalue weighted by atomic mass is 16.7. The summed E-state index contributed by atoms with van der Waals surface area (Å²) in [4.78, 5) is 35.9. The third-order valence-corrected chi connectivity index (χ3v) is 9.43. The number of hydrogen-bond donors (Lipinski definition) is 3. The second-order valence-corrected chi connectivity index (χ2v) is 12.9. The minimum Gasteiger partial charge on any atom is -0.465 e. The normalized spacial score (nSPS) is 25.2. The number of nitrogens with zero attached hydrogens (tertiary/aromatic N) is 2. The van der Waals surface area contributed by atoms with Crippen molar-refractivity contribution in [3.63, 3.8) is 0 Å². The lowest BCUT2D eigenvalue weighted by atomic mass is 9.78. The van der Waals surface area contributed by atoms with Gasteiger partial charge in [-0.2, -0.15) is 0 Å². The highest BCUT2D eigenvalue weighted by Gasteiger charge is 2.51. The maximum absolute atomic E-state index is 13.9. The Kier molecular flexibility index (Phi) is 7.03. The third kappa shape index (κ3) is 5.08. The number of aromatic nitrogens is 2. The van der Waals surface area contributed by atoms with Gasteiger partial charge in [-0.15, -0.1) is 0 Å². The monoisotopic (exact) mass is 562 g/mol. The fourth-order valence-corrected chi connectivity index (χ4v) is 6.41. The van der Waals surface area contributed by atoms with E-state index < -0.39 is 30.5 Å². The Labute approximate surface area is 240 Å². The molecular formula is C30H39BN4O6. The fourth-order valence-electron chi connectivity index (χ4n) is 6.41. The quantitative estimate of drug-likeness (QED) is 0.402. The first-order valence-corrected chi connectivity index (χ1v) is 14.6. The second-order valence-electron chi connectivity index (χ2n) is 12.9. The standard InChI is InChI=1S/C30H39BN4O6/c1-17-14-23(35(16-17)27(36)24(34-28(37)38)18-10-12-39-13-11-18)26-32-22-9-6-19-15-20(7-8-21(19)25(22)33-26)31-40-29(2,3)30(4,5)41-31/h6-9,15,17-18,23-24,34H,10-14,16H2,1-5H3,(H,32,33)(H,37,38)/t17-,23-,24-/m0/s1. The van der Waals surface area contributed by atoms with Crippen LogP contribution in [0.25, 0.3) is 21.8 Å². The van der Waals surface area contributed by atoms with Crippen LogP contribution in [0.4, 0.5) is 4.79 Å². The number of H-pyrrole nitrogens is 1. The minimum absolute atomic E-state index is 0.0957. The van der Waals surface area contributed by atoms with E-state index in [2.05, 4.69) is 35.4 Å². The van der Waals surface area contributed by atoms with E-state index in [1.807, 2.05) is 44.7 Å². The lowest BCUT2D eigenvalue weighted by Gasteiger charge is -2.33. The first-order valence-electron chi connectivity index (χ1n) is 14.6. The molecule has 2 amide bonds. The summed E-state index contributed by atoms with van der Waals surface area (Å²) in [6.07, 6.45) is 0.863. The number of carboxylic acid groups (broad SMARTS) is 1. The summed E-state index contributed by atoms with van der Waals surface area (Å²) in [7, 11) is -0.447. The average molecular weight is 562 g/mol. The molecular weight excluding hydrogens is 523 g/mol. The van der Waals surface area contributed by atoms with E-state index >= 15 is 0 Å². The molecule has 0 saturated carbocycles. The fraction of sp³-hybridized carbons (Fsp3) is 0.567. The van der Waals surface area contributed by atoms with Gasteiger partial charge in [0, 0.05) is 25.1 Å². The summed E-state index contributed by atoms with van der Waals surface area (Å²) < 4.78 is 18.0. The summed E-state index contributed by atoms with van der Waals surface area (Å²) in [5, 5.41) is 14.1. The molecule has 3 aliphatic heterocycles. The van der Waals surface area contributed by atoms with Gasteiger partial charge < -0.3 is 34.4 Å². The number of benzene rings is 2. The largest absolute Gasteiger partial charge is 0.494 e. The van der Waals surface area contributed by atoms with Crippen LogP contribution >= 0.6 is 0 Å². The lowest BCUT2D eigenvalue weighted by molar-refractivity contribution is -0.136. The molecule has 41 heavy (non-hydrogen) atoms. The zero-order chi connectivity index (χ0) is 29.1. The molecule has 3 N–H and O–H groups in total. The molecule has 4 heterocycles. The number of carbonyl (C=O) groups excluding carboxylic acids is 1. The number of fused-ring (bicyclic) bond motifs is 3. The van der Waals surface area contributed by atoms with Crippen LogP contribution in [0.3, 0.4) is 0 Å². The van der Waals surface area contributed by atoms with Crippen LogP contribution in [0.5, 0.6) is 0 Å². The average Bonchev–Trinajstić information content (AvgIpc) is 3.59. The van der Waals surface area contributed by atoms with Gasteiger partial charge in [0.25, 0.3) is 0 Å². The second kappa shape index (κ2) is 10.3. The first-order chi connectivity index (χ1) is 19.4. The van der Waals surface area contributed by atoms with Gasteiger partial charge in [-0.05, 0) is 75.7 Å². The minimum atomic E-state index is -1.19. The Bertz CT molecular complexity index is 1470. The number of carbonyl (C=O) groups is 2. The molecule has 1 aromatic heterocycles. The number of rotatable bonds is 5. The van der Waals surface area contributed by atoms with Crippen LogP contribution in [0, 0.1) is 11.8 Å². The van der Waals surface area contributed by atoms with Gasteiger partial charge in [-0.25, -0.2) is 9.78 Å². The zero-order valence-corrected chi connectivity index (χ0v) is 24.4. The maximum atomic E-state index is 13.9. The van der Waals surface area contributed by atoms with Gasteiger partial charge in [0.05, 0.1) is 28.3 Å². The third-order valence-electron chi connectivity index (χ3n) is 9.43. The van der Waals surface area contributed by atoms with Crippen molar-refractivity contribution in [1.82, 2.24) is 20.2 Å². The lowest BCUT2D eigenvalue weighted by Crippen LogP contribution is -2.53. The van der Waals surface area contributed by atoms with Gasteiger partial charge >= 0.3 is 13.2 Å². The molecule has 3 saturated heterocycles. The van der Waals surface area contributed by atoms with Crippen molar-refractivity contribution in [3.8, 4) is 0 Å². The summed E-state index contributed by atoms with van der Waals surface area (Å²) in [5.74, 6) is 0.700. The van der Waals surface area contributed by atoms with Crippen molar-refractivity contribution in [2.45, 2.75) is 77.2 Å². The Morgan fingerprint density at radius 1 is 1.12 bits per heavy atom.